The summed E-state index contributed by atoms with van der Waals surface area (Å²) in [5, 5.41) is 26.6. The predicted molar refractivity (Wildman–Crippen MR) is 121 cm³/mol. The number of likely N-dealkylation sites (N-methyl/N-ethyl adjacent to an activating group) is 1. The molecule has 2 aliphatic heterocycles. The first-order chi connectivity index (χ1) is 15.3. The molecule has 0 aromatic carbocycles. The molecule has 182 valence electrons. The quantitative estimate of drug-likeness (QED) is 0.439. The van der Waals surface area contributed by atoms with Crippen LogP contribution in [0.15, 0.2) is 6.07 Å². The molecule has 32 heavy (non-hydrogen) atoms. The van der Waals surface area contributed by atoms with E-state index in [0.717, 1.165) is 50.4 Å². The fourth-order valence-corrected chi connectivity index (χ4v) is 5.25. The minimum absolute atomic E-state index is 0.0941. The summed E-state index contributed by atoms with van der Waals surface area (Å²) in [6.45, 7) is 6.41. The van der Waals surface area contributed by atoms with Gasteiger partial charge < -0.3 is 35.2 Å². The van der Waals surface area contributed by atoms with Crippen LogP contribution in [-0.2, 0) is 26.3 Å². The topological polar surface area (TPSA) is 140 Å². The lowest BCUT2D eigenvalue weighted by Gasteiger charge is -2.43. The van der Waals surface area contributed by atoms with Gasteiger partial charge in [0.05, 0.1) is 17.6 Å². The van der Waals surface area contributed by atoms with Crippen LogP contribution in [0.2, 0.25) is 0 Å². The molecule has 1 aromatic heterocycles. The summed E-state index contributed by atoms with van der Waals surface area (Å²) in [6, 6.07) is 2.03. The third kappa shape index (κ3) is 8.14. The average Bonchev–Trinajstić information content (AvgIpc) is 3.20. The number of carbonyl (C=O) groups excluding carboxylic acids is 1. The number of hydrogen-bond donors (Lipinski definition) is 4. The van der Waals surface area contributed by atoms with Gasteiger partial charge in [-0.1, -0.05) is 6.92 Å². The van der Waals surface area contributed by atoms with Crippen molar-refractivity contribution in [2.75, 3.05) is 53.4 Å². The highest BCUT2D eigenvalue weighted by Gasteiger charge is 2.42. The molecule has 0 aliphatic carbocycles. The molecule has 3 rings (SSSR count). The molecular formula is C21H35N3O7S. The van der Waals surface area contributed by atoms with E-state index >= 15 is 0 Å². The lowest BCUT2D eigenvalue weighted by atomic mass is 9.85. The van der Waals surface area contributed by atoms with E-state index < -0.39 is 6.10 Å². The molecule has 4 N–H and O–H groups in total. The number of nitrogens with one attached hydrogen (secondary N) is 1. The molecule has 1 atom stereocenters. The van der Waals surface area contributed by atoms with Crippen molar-refractivity contribution >= 4 is 30.2 Å². The zero-order chi connectivity index (χ0) is 24.1. The zero-order valence-electron chi connectivity index (χ0n) is 19.0. The molecule has 11 heteroatoms. The number of thiophene rings is 1. The number of fused-ring (bicyclic) bond motifs is 2. The fraction of sp³-hybridized carbons (Fsp3) is 0.667. The summed E-state index contributed by atoms with van der Waals surface area (Å²) in [6.07, 6.45) is 2.31. The molecule has 1 unspecified atom stereocenters. The van der Waals surface area contributed by atoms with Crippen molar-refractivity contribution in [1.82, 2.24) is 15.1 Å². The minimum atomic E-state index is -0.559. The van der Waals surface area contributed by atoms with E-state index in [4.69, 9.17) is 24.5 Å². The second-order valence-electron chi connectivity index (χ2n) is 7.83. The van der Waals surface area contributed by atoms with Crippen molar-refractivity contribution in [3.63, 3.8) is 0 Å². The van der Waals surface area contributed by atoms with Gasteiger partial charge in [-0.05, 0) is 51.5 Å². The van der Waals surface area contributed by atoms with Crippen LogP contribution in [0.1, 0.15) is 39.9 Å². The minimum Gasteiger partial charge on any atom is -0.483 e. The number of likely N-dealkylation sites (tertiary alicyclic amines) is 1. The predicted octanol–water partition coefficient (Wildman–Crippen LogP) is 0.686. The highest BCUT2D eigenvalue weighted by atomic mass is 32.1. The monoisotopic (exact) mass is 473 g/mol. The van der Waals surface area contributed by atoms with Crippen LogP contribution < -0.4 is 5.32 Å². The molecular weight excluding hydrogens is 438 g/mol. The first kappa shape index (κ1) is 28.0. The molecule has 0 bridgehead atoms. The standard InChI is InChI=1S/C19H31N3O3S.2CH2O2/c1-4-22-8-6-19(7-9-22)17-14(5-10-25-19)11-16(26-17)18(24)20-12-15(23)13-21(2)3;2*2-1-3/h11,15,23H,4-10,12-13H2,1-3H3,(H,20,24);2*1H,(H,2,3). The largest absolute Gasteiger partial charge is 0.483 e. The number of nitrogens with zero attached hydrogens (tertiary/aromatic N) is 2. The maximum Gasteiger partial charge on any atom is 0.290 e. The molecule has 1 saturated heterocycles. The van der Waals surface area contributed by atoms with Gasteiger partial charge in [-0.25, -0.2) is 0 Å². The highest BCUT2D eigenvalue weighted by Crippen LogP contribution is 2.45. The van der Waals surface area contributed by atoms with E-state index in [2.05, 4.69) is 17.1 Å². The van der Waals surface area contributed by atoms with Gasteiger partial charge in [0.2, 0.25) is 0 Å². The normalized spacial score (nSPS) is 17.8. The summed E-state index contributed by atoms with van der Waals surface area (Å²) in [5.74, 6) is -0.0941. The van der Waals surface area contributed by atoms with Gasteiger partial charge in [0.25, 0.3) is 18.9 Å². The summed E-state index contributed by atoms with van der Waals surface area (Å²) in [7, 11) is 3.81. The molecule has 3 heterocycles. The lowest BCUT2D eigenvalue weighted by Crippen LogP contribution is -2.45. The van der Waals surface area contributed by atoms with E-state index in [1.807, 2.05) is 25.1 Å². The molecule has 1 spiro atoms. The molecule has 2 aliphatic rings. The summed E-state index contributed by atoms with van der Waals surface area (Å²) < 4.78 is 6.27. The average molecular weight is 474 g/mol. The van der Waals surface area contributed by atoms with Gasteiger partial charge in [0.15, 0.2) is 0 Å². The summed E-state index contributed by atoms with van der Waals surface area (Å²) >= 11 is 1.58. The van der Waals surface area contributed by atoms with Crippen LogP contribution in [0.5, 0.6) is 0 Å². The van der Waals surface area contributed by atoms with Crippen molar-refractivity contribution in [3.05, 3.63) is 21.4 Å². The number of hydrogen-bond acceptors (Lipinski definition) is 8. The van der Waals surface area contributed by atoms with E-state index in [0.29, 0.717) is 6.54 Å². The van der Waals surface area contributed by atoms with Crippen molar-refractivity contribution in [2.24, 2.45) is 0 Å². The van der Waals surface area contributed by atoms with Crippen molar-refractivity contribution in [2.45, 2.75) is 37.9 Å². The molecule has 1 aromatic rings. The van der Waals surface area contributed by atoms with E-state index in [1.54, 1.807) is 11.3 Å². The SMILES string of the molecule is CCN1CCC2(CC1)OCCc1cc(C(=O)NCC(O)CN(C)C)sc12.O=CO.O=CO. The van der Waals surface area contributed by atoms with Crippen molar-refractivity contribution in [1.29, 1.82) is 0 Å². The number of aliphatic hydroxyl groups excluding tert-OH is 1. The Hall–Kier alpha value is -2.05. The Bertz CT molecular complexity index is 712. The molecule has 0 radical (unpaired) electrons. The Morgan fingerprint density at radius 2 is 1.91 bits per heavy atom. The molecule has 10 nitrogen and oxygen atoms in total. The summed E-state index contributed by atoms with van der Waals surface area (Å²) in [4.78, 5) is 35.6. The maximum atomic E-state index is 12.5. The van der Waals surface area contributed by atoms with Crippen LogP contribution >= 0.6 is 11.3 Å². The number of ether oxygens (including phenoxy) is 1. The van der Waals surface area contributed by atoms with Gasteiger partial charge in [0.1, 0.15) is 5.60 Å². The first-order valence-corrected chi connectivity index (χ1v) is 11.3. The third-order valence-corrected chi connectivity index (χ3v) is 6.74. The Kier molecular flexibility index (Phi) is 12.4. The van der Waals surface area contributed by atoms with Gasteiger partial charge in [0, 0.05) is 31.1 Å². The molecule has 1 amide bonds. The number of piperidine rings is 1. The number of carboxylic acid groups (broad SMARTS) is 2. The van der Waals surface area contributed by atoms with Crippen LogP contribution in [0.25, 0.3) is 0 Å². The Morgan fingerprint density at radius 3 is 2.44 bits per heavy atom. The first-order valence-electron chi connectivity index (χ1n) is 10.5. The van der Waals surface area contributed by atoms with E-state index in [-0.39, 0.29) is 31.0 Å². The van der Waals surface area contributed by atoms with Gasteiger partial charge in [-0.15, -0.1) is 11.3 Å². The number of rotatable bonds is 6. The van der Waals surface area contributed by atoms with E-state index in [1.165, 1.54) is 10.4 Å². The van der Waals surface area contributed by atoms with Gasteiger partial charge in [-0.3, -0.25) is 14.4 Å². The van der Waals surface area contributed by atoms with Crippen LogP contribution in [0.4, 0.5) is 0 Å². The summed E-state index contributed by atoms with van der Waals surface area (Å²) in [5.41, 5.74) is 1.07. The van der Waals surface area contributed by atoms with Crippen LogP contribution in [-0.4, -0.2) is 104 Å². The second-order valence-corrected chi connectivity index (χ2v) is 8.88. The Labute approximate surface area is 192 Å². The zero-order valence-corrected chi connectivity index (χ0v) is 19.8. The fourth-order valence-electron chi connectivity index (χ4n) is 3.92. The lowest BCUT2D eigenvalue weighted by molar-refractivity contribution is -0.123. The number of amides is 1. The van der Waals surface area contributed by atoms with Gasteiger partial charge in [-0.2, -0.15) is 0 Å². The molecule has 0 saturated carbocycles. The van der Waals surface area contributed by atoms with Crippen LogP contribution in [0.3, 0.4) is 0 Å². The third-order valence-electron chi connectivity index (χ3n) is 5.38. The van der Waals surface area contributed by atoms with Gasteiger partial charge >= 0.3 is 0 Å². The number of aliphatic hydroxyl groups is 1. The Morgan fingerprint density at radius 1 is 1.31 bits per heavy atom. The Balaban J connectivity index is 0.000000769. The van der Waals surface area contributed by atoms with Crippen molar-refractivity contribution < 1.29 is 34.4 Å². The molecule has 1 fully saturated rings. The smallest absolute Gasteiger partial charge is 0.290 e. The second kappa shape index (κ2) is 14.2. The van der Waals surface area contributed by atoms with Crippen LogP contribution in [0, 0.1) is 0 Å². The highest BCUT2D eigenvalue weighted by molar-refractivity contribution is 7.14. The van der Waals surface area contributed by atoms with Crippen molar-refractivity contribution in [3.8, 4) is 0 Å². The van der Waals surface area contributed by atoms with E-state index in [9.17, 15) is 9.90 Å². The maximum absolute atomic E-state index is 12.5. The number of carbonyl (C=O) groups is 3.